The van der Waals surface area contributed by atoms with E-state index in [2.05, 4.69) is 130 Å². The van der Waals surface area contributed by atoms with E-state index < -0.39 is 6.10 Å². The molecule has 1 atom stereocenters. The zero-order valence-corrected chi connectivity index (χ0v) is 54.7. The summed E-state index contributed by atoms with van der Waals surface area (Å²) in [6.45, 7) is 6.44. The Morgan fingerprint density at radius 3 is 0.735 bits per heavy atom. The molecule has 1 unspecified atom stereocenters. The molecule has 0 amide bonds. The highest BCUT2D eigenvalue weighted by Crippen LogP contribution is 2.17. The van der Waals surface area contributed by atoms with Crippen LogP contribution in [0.3, 0.4) is 0 Å². The molecule has 6 heteroatoms. The summed E-state index contributed by atoms with van der Waals surface area (Å²) < 4.78 is 17.0. The molecule has 0 saturated heterocycles. The lowest BCUT2D eigenvalue weighted by Gasteiger charge is -2.18. The molecule has 83 heavy (non-hydrogen) atoms. The van der Waals surface area contributed by atoms with Crippen molar-refractivity contribution in [3.63, 3.8) is 0 Å². The third-order valence-electron chi connectivity index (χ3n) is 15.3. The fourth-order valence-corrected chi connectivity index (χ4v) is 10.1. The fraction of sp³-hybridized carbons (Fsp3) is 0.727. The largest absolute Gasteiger partial charge is 0.462 e. The zero-order chi connectivity index (χ0) is 59.9. The van der Waals surface area contributed by atoms with Crippen molar-refractivity contribution in [2.45, 2.75) is 348 Å². The Bertz CT molecular complexity index is 1660. The van der Waals surface area contributed by atoms with Crippen LogP contribution < -0.4 is 0 Å². The van der Waals surface area contributed by atoms with Gasteiger partial charge in [0, 0.05) is 19.3 Å². The van der Waals surface area contributed by atoms with Gasteiger partial charge in [0.1, 0.15) is 13.2 Å². The summed E-state index contributed by atoms with van der Waals surface area (Å²) in [5, 5.41) is 0. The van der Waals surface area contributed by atoms with Crippen LogP contribution in [0.4, 0.5) is 0 Å². The van der Waals surface area contributed by atoms with Gasteiger partial charge in [-0.25, -0.2) is 0 Å². The number of ether oxygens (including phenoxy) is 3. The number of unbranched alkanes of at least 4 members (excludes halogenated alkanes) is 35. The lowest BCUT2D eigenvalue weighted by molar-refractivity contribution is -0.167. The number of esters is 3. The quantitative estimate of drug-likeness (QED) is 0.0261. The summed E-state index contributed by atoms with van der Waals surface area (Å²) in [5.41, 5.74) is 0. The Morgan fingerprint density at radius 1 is 0.253 bits per heavy atom. The van der Waals surface area contributed by atoms with E-state index >= 15 is 0 Å². The van der Waals surface area contributed by atoms with Gasteiger partial charge in [0.15, 0.2) is 6.10 Å². The first-order valence-electron chi connectivity index (χ1n) is 35.4. The van der Waals surface area contributed by atoms with E-state index in [1.54, 1.807) is 0 Å². The van der Waals surface area contributed by atoms with Gasteiger partial charge in [0.2, 0.25) is 0 Å². The van der Waals surface area contributed by atoms with Crippen LogP contribution in [0.5, 0.6) is 0 Å². The van der Waals surface area contributed by atoms with Crippen molar-refractivity contribution in [1.82, 2.24) is 0 Å². The van der Waals surface area contributed by atoms with Gasteiger partial charge in [-0.1, -0.05) is 329 Å². The van der Waals surface area contributed by atoms with Crippen molar-refractivity contribution in [3.8, 4) is 0 Å². The molecule has 0 rings (SSSR count). The lowest BCUT2D eigenvalue weighted by atomic mass is 10.0. The molecule has 0 aliphatic carbocycles. The lowest BCUT2D eigenvalue weighted by Crippen LogP contribution is -2.30. The Kier molecular flexibility index (Phi) is 67.2. The molecular formula is C77H132O6. The van der Waals surface area contributed by atoms with Crippen LogP contribution in [0.2, 0.25) is 0 Å². The van der Waals surface area contributed by atoms with Crippen molar-refractivity contribution in [2.75, 3.05) is 13.2 Å². The smallest absolute Gasteiger partial charge is 0.306 e. The SMILES string of the molecule is CC/C=C\C/C=C\C/C=C\C/C=C\C/C=C\C/C=C\CCCCCCCCCCCCCCCCCCC(=O)OCC(COC(=O)CCCCCCCCCCCCCCCCC)OC(=O)CCCCCCC/C=C\C/C=C\C/C=C\CC. The van der Waals surface area contributed by atoms with Gasteiger partial charge in [0.05, 0.1) is 0 Å². The van der Waals surface area contributed by atoms with E-state index in [4.69, 9.17) is 14.2 Å². The molecular weight excluding hydrogens is 1020 g/mol. The summed E-state index contributed by atoms with van der Waals surface area (Å²) in [6, 6.07) is 0. The molecule has 6 nitrogen and oxygen atoms in total. The van der Waals surface area contributed by atoms with Crippen LogP contribution in [-0.2, 0) is 28.6 Å². The Morgan fingerprint density at radius 2 is 0.470 bits per heavy atom. The summed E-state index contributed by atoms with van der Waals surface area (Å²) >= 11 is 0. The zero-order valence-electron chi connectivity index (χ0n) is 54.7. The van der Waals surface area contributed by atoms with Crippen molar-refractivity contribution in [3.05, 3.63) is 109 Å². The molecule has 0 saturated carbocycles. The first kappa shape index (κ1) is 79.1. The highest BCUT2D eigenvalue weighted by molar-refractivity contribution is 5.71. The van der Waals surface area contributed by atoms with Crippen molar-refractivity contribution in [1.29, 1.82) is 0 Å². The first-order valence-corrected chi connectivity index (χ1v) is 35.4. The second-order valence-electron chi connectivity index (χ2n) is 23.4. The molecule has 476 valence electrons. The molecule has 0 aromatic heterocycles. The van der Waals surface area contributed by atoms with Gasteiger partial charge < -0.3 is 14.2 Å². The number of hydrogen-bond donors (Lipinski definition) is 0. The number of allylic oxidation sites excluding steroid dienone is 18. The minimum atomic E-state index is -0.786. The minimum absolute atomic E-state index is 0.0802. The number of carbonyl (C=O) groups is 3. The predicted molar refractivity (Wildman–Crippen MR) is 362 cm³/mol. The average molecular weight is 1150 g/mol. The molecule has 0 aliphatic rings. The number of carbonyl (C=O) groups excluding carboxylic acids is 3. The predicted octanol–water partition coefficient (Wildman–Crippen LogP) is 24.6. The number of hydrogen-bond acceptors (Lipinski definition) is 6. The van der Waals surface area contributed by atoms with E-state index in [9.17, 15) is 14.4 Å². The number of rotatable bonds is 64. The Labute approximate surface area is 514 Å². The van der Waals surface area contributed by atoms with Crippen molar-refractivity contribution >= 4 is 17.9 Å². The highest BCUT2D eigenvalue weighted by atomic mass is 16.6. The van der Waals surface area contributed by atoms with Gasteiger partial charge in [-0.3, -0.25) is 14.4 Å². The van der Waals surface area contributed by atoms with E-state index in [-0.39, 0.29) is 31.1 Å². The summed E-state index contributed by atoms with van der Waals surface area (Å²) in [5.74, 6) is -0.881. The molecule has 0 bridgehead atoms. The van der Waals surface area contributed by atoms with Crippen LogP contribution in [0.25, 0.3) is 0 Å². The highest BCUT2D eigenvalue weighted by Gasteiger charge is 2.19. The van der Waals surface area contributed by atoms with Gasteiger partial charge in [0.25, 0.3) is 0 Å². The van der Waals surface area contributed by atoms with E-state index in [0.29, 0.717) is 19.3 Å². The maximum Gasteiger partial charge on any atom is 0.306 e. The van der Waals surface area contributed by atoms with E-state index in [1.165, 1.54) is 167 Å². The Balaban J connectivity index is 4.17. The topological polar surface area (TPSA) is 78.9 Å². The van der Waals surface area contributed by atoms with Crippen LogP contribution in [0.15, 0.2) is 109 Å². The van der Waals surface area contributed by atoms with Crippen LogP contribution in [-0.4, -0.2) is 37.2 Å². The van der Waals surface area contributed by atoms with Gasteiger partial charge in [-0.05, 0) is 103 Å². The second kappa shape index (κ2) is 70.6. The van der Waals surface area contributed by atoms with Gasteiger partial charge in [-0.15, -0.1) is 0 Å². The monoisotopic (exact) mass is 1150 g/mol. The van der Waals surface area contributed by atoms with Crippen molar-refractivity contribution in [2.24, 2.45) is 0 Å². The van der Waals surface area contributed by atoms with E-state index in [1.807, 2.05) is 0 Å². The summed E-state index contributed by atoms with van der Waals surface area (Å²) in [6.07, 6.45) is 96.9. The van der Waals surface area contributed by atoms with E-state index in [0.717, 1.165) is 135 Å². The van der Waals surface area contributed by atoms with Gasteiger partial charge >= 0.3 is 17.9 Å². The molecule has 0 radical (unpaired) electrons. The molecule has 0 fully saturated rings. The van der Waals surface area contributed by atoms with Crippen molar-refractivity contribution < 1.29 is 28.6 Å². The van der Waals surface area contributed by atoms with Gasteiger partial charge in [-0.2, -0.15) is 0 Å². The van der Waals surface area contributed by atoms with Crippen LogP contribution in [0.1, 0.15) is 342 Å². The Hall–Kier alpha value is -3.93. The second-order valence-corrected chi connectivity index (χ2v) is 23.4. The normalized spacial score (nSPS) is 12.8. The summed E-state index contributed by atoms with van der Waals surface area (Å²) in [4.78, 5) is 38.4. The standard InChI is InChI=1S/C77H132O6/c1-4-7-10-13-16-19-22-25-28-29-30-31-32-33-34-35-36-37-38-39-40-41-42-43-44-45-46-47-50-52-55-58-61-64-67-70-76(79)82-73-74(83-77(80)71-68-65-62-59-56-53-49-27-24-21-18-15-12-9-6-3)72-81-75(78)69-66-63-60-57-54-51-48-26-23-20-17-14-11-8-5-2/h7,9-10,12,16,18-19,21,25,27-28,30-31,33-34,36-37,49,74H,4-6,8,11,13-15,17,20,22-24,26,29,32,35,38-48,50-73H2,1-3H3/b10-7-,12-9-,19-16-,21-18-,28-25-,31-30-,34-33-,37-36-,49-27-. The molecule has 0 aromatic rings. The summed E-state index contributed by atoms with van der Waals surface area (Å²) in [7, 11) is 0. The molecule has 0 aliphatic heterocycles. The molecule has 0 N–H and O–H groups in total. The molecule has 0 heterocycles. The minimum Gasteiger partial charge on any atom is -0.462 e. The third kappa shape index (κ3) is 68.7. The average Bonchev–Trinajstić information content (AvgIpc) is 3.49. The molecule has 0 spiro atoms. The maximum atomic E-state index is 12.9. The molecule has 0 aromatic carbocycles. The van der Waals surface area contributed by atoms with Crippen LogP contribution in [0, 0.1) is 0 Å². The fourth-order valence-electron chi connectivity index (χ4n) is 10.1. The first-order chi connectivity index (χ1) is 41.0. The van der Waals surface area contributed by atoms with Crippen LogP contribution >= 0.6 is 0 Å². The maximum absolute atomic E-state index is 12.9. The third-order valence-corrected chi connectivity index (χ3v) is 15.3.